The fourth-order valence-corrected chi connectivity index (χ4v) is 3.71. The zero-order valence-corrected chi connectivity index (χ0v) is 10.6. The first kappa shape index (κ1) is 11.0. The predicted molar refractivity (Wildman–Crippen MR) is 66.7 cm³/mol. The van der Waals surface area contributed by atoms with Gasteiger partial charge in [-0.2, -0.15) is 0 Å². The van der Waals surface area contributed by atoms with Gasteiger partial charge in [-0.15, -0.1) is 0 Å². The molecule has 3 fully saturated rings. The summed E-state index contributed by atoms with van der Waals surface area (Å²) in [6.45, 7) is 7.98. The highest BCUT2D eigenvalue weighted by molar-refractivity contribution is 4.90. The maximum absolute atomic E-state index is 2.79. The van der Waals surface area contributed by atoms with Crippen LogP contribution in [0.25, 0.3) is 0 Å². The number of hydrogen-bond acceptors (Lipinski definition) is 3. The van der Waals surface area contributed by atoms with E-state index in [2.05, 4.69) is 21.7 Å². The van der Waals surface area contributed by atoms with Gasteiger partial charge in [-0.1, -0.05) is 0 Å². The van der Waals surface area contributed by atoms with E-state index in [9.17, 15) is 0 Å². The van der Waals surface area contributed by atoms with Crippen molar-refractivity contribution in [3.05, 3.63) is 0 Å². The van der Waals surface area contributed by atoms with Crippen molar-refractivity contribution in [2.45, 2.75) is 37.8 Å². The average Bonchev–Trinajstić information content (AvgIpc) is 2.77. The molecular formula is C13H25N3. The third-order valence-electron chi connectivity index (χ3n) is 4.82. The van der Waals surface area contributed by atoms with Gasteiger partial charge >= 0.3 is 0 Å². The Bertz CT molecular complexity index is 235. The Morgan fingerprint density at radius 3 is 2.31 bits per heavy atom. The smallest absolute Gasteiger partial charge is 0.0224 e. The van der Waals surface area contributed by atoms with Crippen LogP contribution in [0.5, 0.6) is 0 Å². The van der Waals surface area contributed by atoms with Crippen LogP contribution >= 0.6 is 0 Å². The normalized spacial score (nSPS) is 35.4. The summed E-state index contributed by atoms with van der Waals surface area (Å²) in [5.74, 6) is 0. The first-order valence-electron chi connectivity index (χ1n) is 6.99. The molecule has 0 spiro atoms. The molecule has 0 N–H and O–H groups in total. The molecule has 0 aromatic rings. The van der Waals surface area contributed by atoms with E-state index in [0.717, 1.165) is 12.1 Å². The summed E-state index contributed by atoms with van der Waals surface area (Å²) in [6.07, 6.45) is 5.67. The fraction of sp³-hybridized carbons (Fsp3) is 1.00. The molecule has 0 saturated carbocycles. The number of piperazine rings is 1. The minimum atomic E-state index is 0.888. The molecule has 3 aliphatic rings. The van der Waals surface area contributed by atoms with Gasteiger partial charge in [0, 0.05) is 31.7 Å². The Balaban J connectivity index is 1.55. The van der Waals surface area contributed by atoms with Crippen LogP contribution in [0.1, 0.15) is 25.7 Å². The molecule has 0 aromatic carbocycles. The summed E-state index contributed by atoms with van der Waals surface area (Å²) >= 11 is 0. The van der Waals surface area contributed by atoms with Gasteiger partial charge in [0.1, 0.15) is 0 Å². The van der Waals surface area contributed by atoms with Crippen molar-refractivity contribution in [2.75, 3.05) is 46.3 Å². The van der Waals surface area contributed by atoms with E-state index in [4.69, 9.17) is 0 Å². The maximum atomic E-state index is 2.79. The second-order valence-corrected chi connectivity index (χ2v) is 5.86. The van der Waals surface area contributed by atoms with Crippen LogP contribution in [-0.4, -0.2) is 73.1 Å². The van der Waals surface area contributed by atoms with Crippen LogP contribution in [0.2, 0.25) is 0 Å². The van der Waals surface area contributed by atoms with E-state index >= 15 is 0 Å². The predicted octanol–water partition coefficient (Wildman–Crippen LogP) is 0.861. The van der Waals surface area contributed by atoms with Crippen LogP contribution in [0, 0.1) is 0 Å². The Labute approximate surface area is 99.4 Å². The number of hydrogen-bond donors (Lipinski definition) is 0. The molecule has 0 aromatic heterocycles. The lowest BCUT2D eigenvalue weighted by Gasteiger charge is -2.44. The summed E-state index contributed by atoms with van der Waals surface area (Å²) in [6, 6.07) is 1.78. The number of fused-ring (bicyclic) bond motifs is 1. The van der Waals surface area contributed by atoms with Gasteiger partial charge in [-0.25, -0.2) is 0 Å². The summed E-state index contributed by atoms with van der Waals surface area (Å²) in [5, 5.41) is 0. The third-order valence-corrected chi connectivity index (χ3v) is 4.82. The van der Waals surface area contributed by atoms with Crippen LogP contribution in [-0.2, 0) is 0 Å². The largest absolute Gasteiger partial charge is 0.306 e. The molecular weight excluding hydrogens is 198 g/mol. The summed E-state index contributed by atoms with van der Waals surface area (Å²) in [5.41, 5.74) is 0. The Kier molecular flexibility index (Phi) is 3.18. The molecule has 3 heterocycles. The molecule has 0 bridgehead atoms. The minimum Gasteiger partial charge on any atom is -0.306 e. The van der Waals surface area contributed by atoms with Gasteiger partial charge < -0.3 is 4.90 Å². The molecule has 16 heavy (non-hydrogen) atoms. The van der Waals surface area contributed by atoms with E-state index < -0.39 is 0 Å². The van der Waals surface area contributed by atoms with Gasteiger partial charge in [0.25, 0.3) is 0 Å². The Morgan fingerprint density at radius 2 is 1.50 bits per heavy atom. The summed E-state index contributed by atoms with van der Waals surface area (Å²) in [4.78, 5) is 7.98. The van der Waals surface area contributed by atoms with Crippen molar-refractivity contribution in [1.29, 1.82) is 0 Å². The van der Waals surface area contributed by atoms with E-state index in [1.807, 2.05) is 0 Å². The van der Waals surface area contributed by atoms with Gasteiger partial charge in [0.05, 0.1) is 0 Å². The number of piperidine rings is 1. The van der Waals surface area contributed by atoms with Crippen molar-refractivity contribution in [3.8, 4) is 0 Å². The van der Waals surface area contributed by atoms with E-state index in [1.54, 1.807) is 0 Å². The molecule has 3 rings (SSSR count). The lowest BCUT2D eigenvalue weighted by atomic mass is 10.0. The van der Waals surface area contributed by atoms with Crippen LogP contribution < -0.4 is 0 Å². The zero-order chi connectivity index (χ0) is 11.0. The van der Waals surface area contributed by atoms with Crippen molar-refractivity contribution in [1.82, 2.24) is 14.7 Å². The monoisotopic (exact) mass is 223 g/mol. The van der Waals surface area contributed by atoms with Crippen molar-refractivity contribution >= 4 is 0 Å². The summed E-state index contributed by atoms with van der Waals surface area (Å²) in [7, 11) is 2.26. The molecule has 0 aliphatic carbocycles. The standard InChI is InChI=1S/C13H25N3/c1-14-7-4-12(5-8-14)16-10-9-15-6-2-3-13(15)11-16/h12-13H,2-11H2,1H3. The van der Waals surface area contributed by atoms with E-state index in [0.29, 0.717) is 0 Å². The fourth-order valence-electron chi connectivity index (χ4n) is 3.71. The van der Waals surface area contributed by atoms with Gasteiger partial charge in [0.15, 0.2) is 0 Å². The lowest BCUT2D eigenvalue weighted by molar-refractivity contribution is 0.0461. The molecule has 0 radical (unpaired) electrons. The quantitative estimate of drug-likeness (QED) is 0.653. The topological polar surface area (TPSA) is 9.72 Å². The molecule has 1 atom stereocenters. The van der Waals surface area contributed by atoms with E-state index in [-0.39, 0.29) is 0 Å². The highest BCUT2D eigenvalue weighted by atomic mass is 15.3. The first-order valence-corrected chi connectivity index (χ1v) is 6.99. The SMILES string of the molecule is CN1CCC(N2CCN3CCCC3C2)CC1. The number of rotatable bonds is 1. The lowest BCUT2D eigenvalue weighted by Crippen LogP contribution is -2.55. The molecule has 3 heteroatoms. The third kappa shape index (κ3) is 2.13. The van der Waals surface area contributed by atoms with Crippen LogP contribution in [0.15, 0.2) is 0 Å². The highest BCUT2D eigenvalue weighted by Gasteiger charge is 2.33. The number of likely N-dealkylation sites (tertiary alicyclic amines) is 1. The summed E-state index contributed by atoms with van der Waals surface area (Å²) < 4.78 is 0. The van der Waals surface area contributed by atoms with Gasteiger partial charge in [0.2, 0.25) is 0 Å². The molecule has 3 nitrogen and oxygen atoms in total. The molecule has 1 unspecified atom stereocenters. The van der Waals surface area contributed by atoms with Crippen LogP contribution in [0.4, 0.5) is 0 Å². The maximum Gasteiger partial charge on any atom is 0.0224 e. The zero-order valence-electron chi connectivity index (χ0n) is 10.6. The average molecular weight is 223 g/mol. The highest BCUT2D eigenvalue weighted by Crippen LogP contribution is 2.25. The number of nitrogens with zero attached hydrogens (tertiary/aromatic N) is 3. The molecule has 3 aliphatic heterocycles. The Hall–Kier alpha value is -0.120. The van der Waals surface area contributed by atoms with Crippen LogP contribution in [0.3, 0.4) is 0 Å². The van der Waals surface area contributed by atoms with Crippen molar-refractivity contribution in [3.63, 3.8) is 0 Å². The Morgan fingerprint density at radius 1 is 0.750 bits per heavy atom. The van der Waals surface area contributed by atoms with Crippen molar-refractivity contribution < 1.29 is 0 Å². The van der Waals surface area contributed by atoms with Gasteiger partial charge in [-0.05, 0) is 52.4 Å². The molecule has 3 saturated heterocycles. The second kappa shape index (κ2) is 4.63. The van der Waals surface area contributed by atoms with E-state index in [1.165, 1.54) is 65.0 Å². The molecule has 92 valence electrons. The van der Waals surface area contributed by atoms with Gasteiger partial charge in [-0.3, -0.25) is 9.80 Å². The first-order chi connectivity index (χ1) is 7.83. The van der Waals surface area contributed by atoms with Crippen molar-refractivity contribution in [2.24, 2.45) is 0 Å². The minimum absolute atomic E-state index is 0.888. The second-order valence-electron chi connectivity index (χ2n) is 5.86. The molecule has 0 amide bonds.